The minimum Gasteiger partial charge on any atom is -0.497 e. The molecule has 0 bridgehead atoms. The average molecular weight is 284 g/mol. The van der Waals surface area contributed by atoms with Crippen LogP contribution in [-0.4, -0.2) is 17.2 Å². The van der Waals surface area contributed by atoms with Crippen LogP contribution in [0.25, 0.3) is 0 Å². The highest BCUT2D eigenvalue weighted by Crippen LogP contribution is 2.25. The van der Waals surface area contributed by atoms with E-state index in [0.717, 1.165) is 0 Å². The van der Waals surface area contributed by atoms with E-state index in [0.29, 0.717) is 11.4 Å². The fourth-order valence-electron chi connectivity index (χ4n) is 1.71. The molecule has 1 aromatic heterocycles. The summed E-state index contributed by atoms with van der Waals surface area (Å²) in [5.74, 6) is 0.211. The van der Waals surface area contributed by atoms with Crippen LogP contribution in [0.4, 0.5) is 11.4 Å². The molecule has 106 valence electrons. The summed E-state index contributed by atoms with van der Waals surface area (Å²) in [4.78, 5) is 13.9. The molecule has 0 saturated heterocycles. The lowest BCUT2D eigenvalue weighted by Crippen LogP contribution is -2.08. The molecule has 1 heterocycles. The molecule has 0 fully saturated rings. The molecule has 0 aliphatic heterocycles. The predicted molar refractivity (Wildman–Crippen MR) is 75.3 cm³/mol. The van der Waals surface area contributed by atoms with E-state index in [1.807, 2.05) is 0 Å². The van der Waals surface area contributed by atoms with Gasteiger partial charge in [-0.3, -0.25) is 9.78 Å². The van der Waals surface area contributed by atoms with Crippen molar-refractivity contribution in [2.75, 3.05) is 7.11 Å². The third kappa shape index (κ3) is 2.90. The van der Waals surface area contributed by atoms with Gasteiger partial charge in [-0.15, -0.1) is 5.11 Å². The van der Waals surface area contributed by atoms with Crippen molar-refractivity contribution in [2.24, 2.45) is 10.2 Å². The van der Waals surface area contributed by atoms with E-state index in [9.17, 15) is 9.90 Å². The summed E-state index contributed by atoms with van der Waals surface area (Å²) in [6, 6.07) is 8.58. The lowest BCUT2D eigenvalue weighted by Gasteiger charge is -2.03. The van der Waals surface area contributed by atoms with Gasteiger partial charge in [0.15, 0.2) is 5.69 Å². The quantitative estimate of drug-likeness (QED) is 0.844. The van der Waals surface area contributed by atoms with E-state index in [4.69, 9.17) is 10.00 Å². The van der Waals surface area contributed by atoms with Crippen LogP contribution >= 0.6 is 0 Å². The number of pyridine rings is 1. The minimum absolute atomic E-state index is 0.0137. The number of methoxy groups -OCH3 is 1. The zero-order chi connectivity index (χ0) is 15.4. The van der Waals surface area contributed by atoms with E-state index in [1.54, 1.807) is 37.4 Å². The number of aromatic nitrogens is 1. The molecule has 0 unspecified atom stereocenters. The van der Waals surface area contributed by atoms with Crippen LogP contribution in [0, 0.1) is 18.3 Å². The molecule has 0 amide bonds. The normalized spacial score (nSPS) is 10.5. The summed E-state index contributed by atoms with van der Waals surface area (Å²) in [7, 11) is 1.55. The molecule has 2 aromatic rings. The van der Waals surface area contributed by atoms with Crippen molar-refractivity contribution in [3.63, 3.8) is 0 Å². The topological polar surface area (TPSA) is 111 Å². The van der Waals surface area contributed by atoms with Crippen LogP contribution in [-0.2, 0) is 0 Å². The standard InChI is InChI=1S/C14H12N4O3/c1-8-11(7-15)13(19)16-14(20)12(8)18-17-9-3-5-10(21-2)6-4-9/h3-6H,1-2H3,(H2,16,19,20). The number of nitrogens with zero attached hydrogens (tertiary/aromatic N) is 3. The zero-order valence-corrected chi connectivity index (χ0v) is 11.4. The van der Waals surface area contributed by atoms with Crippen LogP contribution in [0.5, 0.6) is 11.6 Å². The number of hydrogen-bond acceptors (Lipinski definition) is 6. The van der Waals surface area contributed by atoms with Crippen molar-refractivity contribution in [2.45, 2.75) is 6.92 Å². The Bertz CT molecular complexity index is 786. The van der Waals surface area contributed by atoms with Crippen LogP contribution in [0.2, 0.25) is 0 Å². The van der Waals surface area contributed by atoms with Crippen molar-refractivity contribution in [1.29, 1.82) is 5.26 Å². The molecule has 7 nitrogen and oxygen atoms in total. The molecule has 0 radical (unpaired) electrons. The maximum Gasteiger partial charge on any atom is 0.278 e. The highest BCUT2D eigenvalue weighted by molar-refractivity contribution is 5.56. The summed E-state index contributed by atoms with van der Waals surface area (Å²) < 4.78 is 5.02. The maximum atomic E-state index is 11.8. The Balaban J connectivity index is 2.41. The van der Waals surface area contributed by atoms with Gasteiger partial charge in [-0.2, -0.15) is 10.4 Å². The van der Waals surface area contributed by atoms with E-state index in [-0.39, 0.29) is 16.8 Å². The number of rotatable bonds is 3. The van der Waals surface area contributed by atoms with E-state index in [2.05, 4.69) is 15.2 Å². The molecule has 0 aliphatic rings. The second kappa shape index (κ2) is 5.88. The van der Waals surface area contributed by atoms with Crippen LogP contribution in [0.3, 0.4) is 0 Å². The first-order valence-corrected chi connectivity index (χ1v) is 5.98. The van der Waals surface area contributed by atoms with Crippen LogP contribution in [0.15, 0.2) is 39.3 Å². The average Bonchev–Trinajstić information content (AvgIpc) is 2.47. The highest BCUT2D eigenvalue weighted by atomic mass is 16.5. The molecule has 1 aromatic carbocycles. The largest absolute Gasteiger partial charge is 0.497 e. The second-order valence-electron chi connectivity index (χ2n) is 4.16. The van der Waals surface area contributed by atoms with Crippen LogP contribution in [0.1, 0.15) is 11.1 Å². The summed E-state index contributed by atoms with van der Waals surface area (Å²) in [6.07, 6.45) is 0. The number of ether oxygens (including phenoxy) is 1. The van der Waals surface area contributed by atoms with Crippen molar-refractivity contribution in [1.82, 2.24) is 4.98 Å². The summed E-state index contributed by atoms with van der Waals surface area (Å²) in [6.45, 7) is 1.52. The maximum absolute atomic E-state index is 11.8. The fraction of sp³-hybridized carbons (Fsp3) is 0.143. The van der Waals surface area contributed by atoms with Gasteiger partial charge in [0.1, 0.15) is 17.4 Å². The number of hydrogen-bond donors (Lipinski definition) is 2. The van der Waals surface area contributed by atoms with Gasteiger partial charge in [0, 0.05) is 5.56 Å². The number of nitrogens with one attached hydrogen (secondary N) is 1. The molecular weight excluding hydrogens is 272 g/mol. The molecule has 0 saturated carbocycles. The molecular formula is C14H12N4O3. The fourth-order valence-corrected chi connectivity index (χ4v) is 1.71. The molecule has 0 atom stereocenters. The Morgan fingerprint density at radius 2 is 1.95 bits per heavy atom. The Morgan fingerprint density at radius 1 is 1.29 bits per heavy atom. The summed E-state index contributed by atoms with van der Waals surface area (Å²) in [5.41, 5.74) is 0.150. The van der Waals surface area contributed by atoms with Gasteiger partial charge in [0.05, 0.1) is 12.8 Å². The number of benzene rings is 1. The Labute approximate surface area is 120 Å². The van der Waals surface area contributed by atoms with Gasteiger partial charge in [0.25, 0.3) is 5.56 Å². The van der Waals surface area contributed by atoms with E-state index in [1.165, 1.54) is 6.92 Å². The predicted octanol–water partition coefficient (Wildman–Crippen LogP) is 2.68. The van der Waals surface area contributed by atoms with E-state index < -0.39 is 11.4 Å². The third-order valence-corrected chi connectivity index (χ3v) is 2.86. The highest BCUT2D eigenvalue weighted by Gasteiger charge is 2.13. The SMILES string of the molecule is COc1ccc(N=Nc2c(C)c(C#N)c(O)[nH]c2=O)cc1. The smallest absolute Gasteiger partial charge is 0.278 e. The Kier molecular flexibility index (Phi) is 4.00. The van der Waals surface area contributed by atoms with Gasteiger partial charge in [-0.1, -0.05) is 0 Å². The minimum atomic E-state index is -0.610. The molecule has 7 heteroatoms. The first kappa shape index (κ1) is 14.3. The molecule has 2 N–H and O–H groups in total. The van der Waals surface area contributed by atoms with Crippen molar-refractivity contribution < 1.29 is 9.84 Å². The summed E-state index contributed by atoms with van der Waals surface area (Å²) >= 11 is 0. The number of azo groups is 1. The number of H-pyrrole nitrogens is 1. The van der Waals surface area contributed by atoms with E-state index >= 15 is 0 Å². The molecule has 2 rings (SSSR count). The Morgan fingerprint density at radius 3 is 2.52 bits per heavy atom. The van der Waals surface area contributed by atoms with Gasteiger partial charge in [0.2, 0.25) is 5.88 Å². The molecule has 21 heavy (non-hydrogen) atoms. The second-order valence-corrected chi connectivity index (χ2v) is 4.16. The first-order valence-electron chi connectivity index (χ1n) is 5.98. The van der Waals surface area contributed by atoms with Crippen LogP contribution < -0.4 is 10.3 Å². The number of aromatic amines is 1. The van der Waals surface area contributed by atoms with Crippen molar-refractivity contribution in [3.8, 4) is 17.7 Å². The van der Waals surface area contributed by atoms with Gasteiger partial charge in [-0.25, -0.2) is 0 Å². The lowest BCUT2D eigenvalue weighted by atomic mass is 10.1. The zero-order valence-electron chi connectivity index (χ0n) is 11.4. The van der Waals surface area contributed by atoms with Crippen molar-refractivity contribution >= 4 is 11.4 Å². The third-order valence-electron chi connectivity index (χ3n) is 2.86. The van der Waals surface area contributed by atoms with Crippen molar-refractivity contribution in [3.05, 3.63) is 45.7 Å². The first-order chi connectivity index (χ1) is 10.1. The number of nitriles is 1. The number of aromatic hydroxyl groups is 1. The van der Waals surface area contributed by atoms with Gasteiger partial charge in [-0.05, 0) is 31.2 Å². The van der Waals surface area contributed by atoms with Gasteiger partial charge >= 0.3 is 0 Å². The molecule has 0 spiro atoms. The lowest BCUT2D eigenvalue weighted by molar-refractivity contribution is 0.415. The van der Waals surface area contributed by atoms with Gasteiger partial charge < -0.3 is 9.84 Å². The Hall–Kier alpha value is -3.14. The summed E-state index contributed by atoms with van der Waals surface area (Å²) in [5, 5.41) is 26.2. The molecule has 0 aliphatic carbocycles. The monoisotopic (exact) mass is 284 g/mol.